The van der Waals surface area contributed by atoms with E-state index in [1.165, 1.54) is 0 Å². The van der Waals surface area contributed by atoms with Gasteiger partial charge in [-0.3, -0.25) is 0 Å². The number of hydrogen-bond acceptors (Lipinski definition) is 5. The van der Waals surface area contributed by atoms with Crippen LogP contribution in [0.25, 0.3) is 0 Å². The molecule has 0 aliphatic carbocycles. The van der Waals surface area contributed by atoms with E-state index in [0.29, 0.717) is 0 Å². The van der Waals surface area contributed by atoms with E-state index >= 15 is 0 Å². The molecule has 0 aromatic rings. The average molecular weight is 216 g/mol. The molecule has 0 radical (unpaired) electrons. The van der Waals surface area contributed by atoms with Crippen molar-refractivity contribution in [3.05, 3.63) is 0 Å². The van der Waals surface area contributed by atoms with Gasteiger partial charge in [0.15, 0.2) is 0 Å². The van der Waals surface area contributed by atoms with Crippen molar-refractivity contribution in [2.24, 2.45) is 0 Å². The van der Waals surface area contributed by atoms with E-state index in [-0.39, 0.29) is 63.0 Å². The zero-order valence-corrected chi connectivity index (χ0v) is 8.89. The van der Waals surface area contributed by atoms with Gasteiger partial charge in [-0.25, -0.2) is 0 Å². The van der Waals surface area contributed by atoms with Crippen molar-refractivity contribution in [1.82, 2.24) is 0 Å². The van der Waals surface area contributed by atoms with Gasteiger partial charge in [-0.15, -0.1) is 0 Å². The molecule has 0 aliphatic heterocycles. The molecular formula is HAlFeMgO5Si. The molecule has 9 heteroatoms. The molecule has 0 saturated heterocycles. The van der Waals surface area contributed by atoms with Crippen LogP contribution in [0, 0.1) is 0 Å². The first kappa shape index (κ1) is 30.8. The Morgan fingerprint density at radius 2 is 0.889 bits per heavy atom. The molecule has 0 saturated carbocycles. The van der Waals surface area contributed by atoms with Crippen LogP contribution in [-0.2, 0) is 17.1 Å². The van der Waals surface area contributed by atoms with Crippen molar-refractivity contribution in [2.75, 3.05) is 0 Å². The van der Waals surface area contributed by atoms with Gasteiger partial charge in [0, 0.05) is 17.1 Å². The van der Waals surface area contributed by atoms with E-state index in [0.717, 1.165) is 0 Å². The van der Waals surface area contributed by atoms with Crippen molar-refractivity contribution >= 4 is 49.5 Å². The van der Waals surface area contributed by atoms with Crippen molar-refractivity contribution in [2.45, 2.75) is 0 Å². The minimum atomic E-state index is -5.61. The van der Waals surface area contributed by atoms with Crippen LogP contribution >= 0.6 is 0 Å². The molecule has 0 rings (SSSR count). The second-order valence-electron chi connectivity index (χ2n) is 0.500. The summed E-state index contributed by atoms with van der Waals surface area (Å²) in [6.45, 7) is 0. The Labute approximate surface area is 90.6 Å². The fourth-order valence-electron chi connectivity index (χ4n) is 0. The predicted octanol–water partition coefficient (Wildman–Crippen LogP) is -6.08. The van der Waals surface area contributed by atoms with E-state index in [2.05, 4.69) is 0 Å². The Kier molecular flexibility index (Phi) is 42.8. The molecule has 9 heavy (non-hydrogen) atoms. The van der Waals surface area contributed by atoms with Gasteiger partial charge in [0.05, 0.1) is 0 Å². The van der Waals surface area contributed by atoms with Crippen molar-refractivity contribution in [3.8, 4) is 0 Å². The van der Waals surface area contributed by atoms with Gasteiger partial charge in [0.2, 0.25) is 0 Å². The monoisotopic (exact) mass is 216 g/mol. The molecule has 1 N–H and O–H groups in total. The standard InChI is InChI=1S/Al.Fe.Mg.O4Si.H2O/c;;;1-5(2,3)4;/h;;;;1H2/q+3;;+2;-4;/p-1. The van der Waals surface area contributed by atoms with Gasteiger partial charge < -0.3 is 33.7 Å². The quantitative estimate of drug-likeness (QED) is 0.373. The van der Waals surface area contributed by atoms with Gasteiger partial charge in [-0.1, -0.05) is 0 Å². The van der Waals surface area contributed by atoms with Crippen LogP contribution in [0.5, 0.6) is 0 Å². The number of rotatable bonds is 0. The fourth-order valence-corrected chi connectivity index (χ4v) is 0. The average Bonchev–Trinajstić information content (AvgIpc) is 0.722. The normalized spacial score (nSPS) is 6.67. The van der Waals surface area contributed by atoms with Crippen LogP contribution in [0.2, 0.25) is 0 Å². The van der Waals surface area contributed by atoms with Crippen LogP contribution < -0.4 is 19.2 Å². The first-order valence-electron chi connectivity index (χ1n) is 0.816. The summed E-state index contributed by atoms with van der Waals surface area (Å²) in [6, 6.07) is 0. The minimum absolute atomic E-state index is 0. The van der Waals surface area contributed by atoms with Crippen LogP contribution in [0.1, 0.15) is 0 Å². The van der Waals surface area contributed by atoms with Gasteiger partial charge in [-0.2, -0.15) is 0 Å². The first-order chi connectivity index (χ1) is 2.00. The van der Waals surface area contributed by atoms with Crippen molar-refractivity contribution in [3.63, 3.8) is 0 Å². The Balaban J connectivity index is -0.0000000133. The smallest absolute Gasteiger partial charge is 0.894 e. The maximum Gasteiger partial charge on any atom is 3.00 e. The summed E-state index contributed by atoms with van der Waals surface area (Å²) in [4.78, 5) is 34.3. The summed E-state index contributed by atoms with van der Waals surface area (Å²) in [5.41, 5.74) is 0. The third-order valence-electron chi connectivity index (χ3n) is 0. The fraction of sp³-hybridized carbons (Fsp3) is 0. The third-order valence-corrected chi connectivity index (χ3v) is 0. The summed E-state index contributed by atoms with van der Waals surface area (Å²) in [7, 11) is -5.61. The van der Waals surface area contributed by atoms with Crippen molar-refractivity contribution in [1.29, 1.82) is 0 Å². The van der Waals surface area contributed by atoms with Crippen molar-refractivity contribution < 1.29 is 41.7 Å². The maximum atomic E-state index is 8.58. The molecule has 48 valence electrons. The molecule has 5 nitrogen and oxygen atoms in total. The predicted molar refractivity (Wildman–Crippen MR) is 19.2 cm³/mol. The largest absolute Gasteiger partial charge is 3.00 e. The molecule has 0 spiro atoms. The van der Waals surface area contributed by atoms with Gasteiger partial charge >= 0.3 is 40.4 Å². The zero-order chi connectivity index (χ0) is 4.50. The third kappa shape index (κ3) is 179. The topological polar surface area (TPSA) is 122 Å². The van der Waals surface area contributed by atoms with E-state index in [4.69, 9.17) is 19.2 Å². The molecule has 0 unspecified atom stereocenters. The summed E-state index contributed by atoms with van der Waals surface area (Å²) in [6.07, 6.45) is 0. The summed E-state index contributed by atoms with van der Waals surface area (Å²) in [5, 5.41) is 0. The molecule has 0 heterocycles. The van der Waals surface area contributed by atoms with Gasteiger partial charge in [0.1, 0.15) is 0 Å². The number of hydrogen-bond donors (Lipinski definition) is 0. The van der Waals surface area contributed by atoms with E-state index in [1.54, 1.807) is 0 Å². The SMILES string of the molecule is [Al+3].[Fe].[Mg+2].[O-][Si]([O-])([O-])[O-].[OH-]. The second-order valence-corrected chi connectivity index (χ2v) is 1.50. The van der Waals surface area contributed by atoms with Crippen LogP contribution in [0.4, 0.5) is 0 Å². The maximum absolute atomic E-state index is 8.58. The summed E-state index contributed by atoms with van der Waals surface area (Å²) >= 11 is 0. The Hall–Kier alpha value is 1.84. The summed E-state index contributed by atoms with van der Waals surface area (Å²) < 4.78 is 0. The summed E-state index contributed by atoms with van der Waals surface area (Å²) in [5.74, 6) is 0. The van der Waals surface area contributed by atoms with E-state index in [1.807, 2.05) is 0 Å². The molecule has 0 aliphatic rings. The van der Waals surface area contributed by atoms with E-state index < -0.39 is 9.05 Å². The Morgan fingerprint density at radius 1 is 0.889 bits per heavy atom. The molecule has 0 aromatic carbocycles. The van der Waals surface area contributed by atoms with Crippen LogP contribution in [0.3, 0.4) is 0 Å². The molecule has 0 fully saturated rings. The van der Waals surface area contributed by atoms with Crippen LogP contribution in [0.15, 0.2) is 0 Å². The molecular weight excluding hydrogens is 215 g/mol. The van der Waals surface area contributed by atoms with Gasteiger partial charge in [-0.05, 0) is 0 Å². The van der Waals surface area contributed by atoms with E-state index in [9.17, 15) is 0 Å². The Bertz CT molecular complexity index is 32.4. The first-order valence-corrected chi connectivity index (χ1v) is 2.45. The van der Waals surface area contributed by atoms with Crippen LogP contribution in [-0.4, -0.2) is 54.9 Å². The second kappa shape index (κ2) is 12.5. The molecule has 0 aromatic heterocycles. The minimum Gasteiger partial charge on any atom is -0.894 e. The molecule has 0 amide bonds. The zero-order valence-electron chi connectivity index (χ0n) is 4.22. The molecule has 0 bridgehead atoms. The Morgan fingerprint density at radius 3 is 0.889 bits per heavy atom. The molecule has 0 atom stereocenters. The van der Waals surface area contributed by atoms with Gasteiger partial charge in [0.25, 0.3) is 0 Å².